The van der Waals surface area contributed by atoms with Crippen LogP contribution < -0.4 is 9.44 Å². The Morgan fingerprint density at radius 3 is 2.30 bits per heavy atom. The molecule has 1 atom stereocenters. The summed E-state index contributed by atoms with van der Waals surface area (Å²) in [7, 11) is -6.44. The summed E-state index contributed by atoms with van der Waals surface area (Å²) in [6.07, 6.45) is 1.33. The van der Waals surface area contributed by atoms with Crippen LogP contribution in [-0.2, 0) is 20.0 Å². The van der Waals surface area contributed by atoms with Gasteiger partial charge >= 0.3 is 0 Å². The van der Waals surface area contributed by atoms with Gasteiger partial charge in [0.05, 0.1) is 11.2 Å². The number of hydrogen-bond acceptors (Lipinski definition) is 5. The minimum Gasteiger partial charge on any atom is -0.468 e. The summed E-state index contributed by atoms with van der Waals surface area (Å²) < 4.78 is 58.0. The molecule has 2 rings (SSSR count). The minimum absolute atomic E-state index is 0.0203. The molecule has 1 aromatic carbocycles. The first kappa shape index (κ1) is 18.0. The van der Waals surface area contributed by atoms with Crippen molar-refractivity contribution in [1.82, 2.24) is 9.44 Å². The third-order valence-electron chi connectivity index (χ3n) is 3.10. The van der Waals surface area contributed by atoms with Gasteiger partial charge in [-0.3, -0.25) is 0 Å². The summed E-state index contributed by atoms with van der Waals surface area (Å²) in [5.74, 6) is 0.138. The maximum Gasteiger partial charge on any atom is 0.276 e. The SMILES string of the molecule is CNS(=O)(=O)NCC(c1ccco1)S(=O)(=O)c1ccc(Cl)cc1. The topological polar surface area (TPSA) is 105 Å². The van der Waals surface area contributed by atoms with E-state index >= 15 is 0 Å². The van der Waals surface area contributed by atoms with Crippen LogP contribution in [0.5, 0.6) is 0 Å². The van der Waals surface area contributed by atoms with E-state index in [-0.39, 0.29) is 17.2 Å². The molecule has 2 aromatic rings. The van der Waals surface area contributed by atoms with E-state index in [0.29, 0.717) is 5.02 Å². The van der Waals surface area contributed by atoms with Crippen molar-refractivity contribution in [1.29, 1.82) is 0 Å². The van der Waals surface area contributed by atoms with Crippen LogP contribution in [0.25, 0.3) is 0 Å². The highest BCUT2D eigenvalue weighted by molar-refractivity contribution is 7.91. The lowest BCUT2D eigenvalue weighted by Crippen LogP contribution is -2.38. The van der Waals surface area contributed by atoms with Crippen LogP contribution in [0.4, 0.5) is 0 Å². The molecule has 2 N–H and O–H groups in total. The molecular formula is C13H15ClN2O5S2. The summed E-state index contributed by atoms with van der Waals surface area (Å²) in [5, 5.41) is -0.809. The highest BCUT2D eigenvalue weighted by Gasteiger charge is 2.32. The normalized spacial score (nSPS) is 13.8. The molecule has 23 heavy (non-hydrogen) atoms. The Bertz CT molecular complexity index is 846. The second-order valence-electron chi connectivity index (χ2n) is 4.56. The Hall–Kier alpha value is -1.39. The zero-order valence-corrected chi connectivity index (χ0v) is 14.5. The molecule has 0 amide bonds. The largest absolute Gasteiger partial charge is 0.468 e. The average Bonchev–Trinajstić information content (AvgIpc) is 3.01. The quantitative estimate of drug-likeness (QED) is 0.759. The van der Waals surface area contributed by atoms with Gasteiger partial charge in [0.25, 0.3) is 10.2 Å². The van der Waals surface area contributed by atoms with E-state index in [1.54, 1.807) is 0 Å². The van der Waals surface area contributed by atoms with Gasteiger partial charge in [-0.25, -0.2) is 17.9 Å². The molecule has 0 fully saturated rings. The third-order valence-corrected chi connectivity index (χ3v) is 6.52. The number of hydrogen-bond donors (Lipinski definition) is 2. The molecule has 7 nitrogen and oxygen atoms in total. The molecule has 0 aliphatic carbocycles. The third kappa shape index (κ3) is 4.33. The lowest BCUT2D eigenvalue weighted by Gasteiger charge is -2.16. The summed E-state index contributed by atoms with van der Waals surface area (Å²) in [4.78, 5) is 0.0203. The predicted octanol–water partition coefficient (Wildman–Crippen LogP) is 1.50. The fraction of sp³-hybridized carbons (Fsp3) is 0.231. The summed E-state index contributed by atoms with van der Waals surface area (Å²) in [6.45, 7) is -0.373. The molecule has 0 saturated carbocycles. The summed E-state index contributed by atoms with van der Waals surface area (Å²) in [5.41, 5.74) is 0. The molecule has 0 aliphatic heterocycles. The number of rotatable bonds is 7. The van der Waals surface area contributed by atoms with Gasteiger partial charge in [0.2, 0.25) is 0 Å². The van der Waals surface area contributed by atoms with Crippen LogP contribution in [0.2, 0.25) is 5.02 Å². The van der Waals surface area contributed by atoms with E-state index in [1.165, 1.54) is 49.7 Å². The first-order valence-electron chi connectivity index (χ1n) is 6.47. The monoisotopic (exact) mass is 378 g/mol. The second kappa shape index (κ2) is 7.02. The highest BCUT2D eigenvalue weighted by atomic mass is 35.5. The van der Waals surface area contributed by atoms with Gasteiger partial charge < -0.3 is 4.42 Å². The Kier molecular flexibility index (Phi) is 5.48. The van der Waals surface area contributed by atoms with E-state index in [1.807, 2.05) is 0 Å². The van der Waals surface area contributed by atoms with Gasteiger partial charge in [-0.1, -0.05) is 11.6 Å². The average molecular weight is 379 g/mol. The smallest absolute Gasteiger partial charge is 0.276 e. The van der Waals surface area contributed by atoms with Crippen molar-refractivity contribution in [2.24, 2.45) is 0 Å². The van der Waals surface area contributed by atoms with Gasteiger partial charge in [0, 0.05) is 18.6 Å². The Labute approximate surface area is 139 Å². The Morgan fingerprint density at radius 2 is 1.78 bits per heavy atom. The molecule has 0 bridgehead atoms. The Balaban J connectivity index is 2.39. The number of halogens is 1. The van der Waals surface area contributed by atoms with Crippen LogP contribution in [-0.4, -0.2) is 30.4 Å². The van der Waals surface area contributed by atoms with Gasteiger partial charge in [-0.15, -0.1) is 0 Å². The number of benzene rings is 1. The van der Waals surface area contributed by atoms with Crippen molar-refractivity contribution in [3.8, 4) is 0 Å². The summed E-state index contributed by atoms with van der Waals surface area (Å²) >= 11 is 5.77. The molecule has 0 radical (unpaired) electrons. The van der Waals surface area contributed by atoms with Crippen molar-refractivity contribution in [3.05, 3.63) is 53.4 Å². The fourth-order valence-corrected chi connectivity index (χ4v) is 4.23. The Morgan fingerprint density at radius 1 is 1.13 bits per heavy atom. The van der Waals surface area contributed by atoms with Crippen LogP contribution in [0.15, 0.2) is 52.0 Å². The number of nitrogens with one attached hydrogen (secondary N) is 2. The van der Waals surface area contributed by atoms with Crippen molar-refractivity contribution < 1.29 is 21.3 Å². The van der Waals surface area contributed by atoms with E-state index in [4.69, 9.17) is 16.0 Å². The first-order valence-corrected chi connectivity index (χ1v) is 9.88. The van der Waals surface area contributed by atoms with Crippen molar-refractivity contribution in [3.63, 3.8) is 0 Å². The first-order chi connectivity index (χ1) is 10.8. The lowest BCUT2D eigenvalue weighted by molar-refractivity contribution is 0.486. The fourth-order valence-electron chi connectivity index (χ4n) is 1.88. The molecular weight excluding hydrogens is 364 g/mol. The molecule has 126 valence electrons. The zero-order chi connectivity index (χ0) is 17.1. The molecule has 1 aromatic heterocycles. The van der Waals surface area contributed by atoms with Crippen molar-refractivity contribution in [2.75, 3.05) is 13.6 Å². The predicted molar refractivity (Wildman–Crippen MR) is 86.1 cm³/mol. The highest BCUT2D eigenvalue weighted by Crippen LogP contribution is 2.29. The molecule has 0 spiro atoms. The van der Waals surface area contributed by atoms with Gasteiger partial charge in [-0.05, 0) is 36.4 Å². The van der Waals surface area contributed by atoms with Crippen LogP contribution >= 0.6 is 11.6 Å². The maximum atomic E-state index is 12.8. The molecule has 10 heteroatoms. The molecule has 1 unspecified atom stereocenters. The second-order valence-corrected chi connectivity index (χ2v) is 8.83. The van der Waals surface area contributed by atoms with Crippen molar-refractivity contribution >= 4 is 31.6 Å². The van der Waals surface area contributed by atoms with Crippen LogP contribution in [0.1, 0.15) is 11.0 Å². The summed E-state index contributed by atoms with van der Waals surface area (Å²) in [6, 6.07) is 8.63. The molecule has 1 heterocycles. The van der Waals surface area contributed by atoms with Gasteiger partial charge in [-0.2, -0.15) is 8.42 Å². The number of sulfone groups is 1. The van der Waals surface area contributed by atoms with Gasteiger partial charge in [0.15, 0.2) is 9.84 Å². The molecule has 0 saturated heterocycles. The van der Waals surface area contributed by atoms with Crippen LogP contribution in [0.3, 0.4) is 0 Å². The van der Waals surface area contributed by atoms with Gasteiger partial charge in [0.1, 0.15) is 11.0 Å². The number of furan rings is 1. The van der Waals surface area contributed by atoms with Crippen LogP contribution in [0, 0.1) is 0 Å². The maximum absolute atomic E-state index is 12.8. The lowest BCUT2D eigenvalue weighted by atomic mass is 10.3. The van der Waals surface area contributed by atoms with E-state index < -0.39 is 25.3 Å². The van der Waals surface area contributed by atoms with Crippen molar-refractivity contribution in [2.45, 2.75) is 10.1 Å². The zero-order valence-electron chi connectivity index (χ0n) is 12.1. The van der Waals surface area contributed by atoms with E-state index in [0.717, 1.165) is 0 Å². The molecule has 0 aliphatic rings. The standard InChI is InChI=1S/C13H15ClN2O5S2/c1-15-23(19,20)16-9-13(12-3-2-8-21-12)22(17,18)11-6-4-10(14)5-7-11/h2-8,13,15-16H,9H2,1H3. The van der Waals surface area contributed by atoms with E-state index in [9.17, 15) is 16.8 Å². The minimum atomic E-state index is -3.88. The van der Waals surface area contributed by atoms with E-state index in [2.05, 4.69) is 9.44 Å².